The molecule has 1 aliphatic rings. The molecule has 0 radical (unpaired) electrons. The Labute approximate surface area is 188 Å². The molecule has 1 fully saturated rings. The molecule has 4 rings (SSSR count). The molecule has 3 heterocycles. The van der Waals surface area contributed by atoms with E-state index in [0.717, 1.165) is 27.8 Å². The first-order valence-corrected chi connectivity index (χ1v) is 10.4. The normalized spacial score (nSPS) is 16.3. The highest BCUT2D eigenvalue weighted by Crippen LogP contribution is 2.31. The third kappa shape index (κ3) is 5.14. The number of alkyl halides is 3. The molecule has 1 aromatic carbocycles. The molecule has 2 aromatic heterocycles. The van der Waals surface area contributed by atoms with Crippen LogP contribution in [0.5, 0.6) is 0 Å². The van der Waals surface area contributed by atoms with E-state index in [4.69, 9.17) is 0 Å². The highest BCUT2D eigenvalue weighted by molar-refractivity contribution is 5.91. The molecule has 0 bridgehead atoms. The van der Waals surface area contributed by atoms with Crippen molar-refractivity contribution < 1.29 is 22.7 Å². The molecule has 1 atom stereocenters. The molecular weight excluding hydrogens is 437 g/mol. The van der Waals surface area contributed by atoms with Gasteiger partial charge in [-0.3, -0.25) is 4.74 Å². The van der Waals surface area contributed by atoms with E-state index in [2.05, 4.69) is 30.3 Å². The number of halogens is 3. The monoisotopic (exact) mass is 460 g/mol. The molecule has 0 spiro atoms. The summed E-state index contributed by atoms with van der Waals surface area (Å²) in [5.41, 5.74) is 4.59. The number of nitrogens with one attached hydrogen (secondary N) is 2. The highest BCUT2D eigenvalue weighted by atomic mass is 19.4. The molecule has 0 aliphatic carbocycles. The van der Waals surface area contributed by atoms with Gasteiger partial charge in [-0.15, -0.1) is 13.2 Å². The van der Waals surface area contributed by atoms with Gasteiger partial charge < -0.3 is 15.5 Å². The van der Waals surface area contributed by atoms with Crippen LogP contribution in [0.1, 0.15) is 17.7 Å². The molecule has 11 heteroatoms. The van der Waals surface area contributed by atoms with E-state index >= 15 is 0 Å². The Morgan fingerprint density at radius 2 is 1.97 bits per heavy atom. The third-order valence-corrected chi connectivity index (χ3v) is 5.49. The summed E-state index contributed by atoms with van der Waals surface area (Å²) in [4.78, 5) is 27.1. The lowest BCUT2D eigenvalue weighted by Gasteiger charge is -2.19. The molecule has 33 heavy (non-hydrogen) atoms. The number of aromatic nitrogens is 3. The average Bonchev–Trinajstić information content (AvgIpc) is 3.21. The van der Waals surface area contributed by atoms with Crippen LogP contribution in [-0.2, 0) is 4.74 Å². The fraction of sp³-hybridized carbons (Fsp3) is 0.364. The van der Waals surface area contributed by atoms with E-state index in [1.54, 1.807) is 19.3 Å². The molecule has 8 nitrogen and oxygen atoms in total. The van der Waals surface area contributed by atoms with Gasteiger partial charge in [0.1, 0.15) is 0 Å². The smallest absolute Gasteiger partial charge is 0.357 e. The van der Waals surface area contributed by atoms with Crippen molar-refractivity contribution in [3.05, 3.63) is 41.7 Å². The summed E-state index contributed by atoms with van der Waals surface area (Å²) >= 11 is 0. The lowest BCUT2D eigenvalue weighted by molar-refractivity contribution is -0.340. The number of hydrogen-bond acceptors (Lipinski definition) is 6. The van der Waals surface area contributed by atoms with Gasteiger partial charge in [-0.1, -0.05) is 6.07 Å². The van der Waals surface area contributed by atoms with Crippen LogP contribution < -0.4 is 10.6 Å². The van der Waals surface area contributed by atoms with Crippen molar-refractivity contribution in [3.8, 4) is 11.1 Å². The third-order valence-electron chi connectivity index (χ3n) is 5.49. The van der Waals surface area contributed by atoms with Crippen LogP contribution in [0, 0.1) is 13.8 Å². The predicted octanol–water partition coefficient (Wildman–Crippen LogP) is 4.49. The number of carbonyl (C=O) groups is 1. The fourth-order valence-corrected chi connectivity index (χ4v) is 3.84. The molecule has 2 N–H and O–H groups in total. The summed E-state index contributed by atoms with van der Waals surface area (Å²) in [6.45, 7) is 3.90. The van der Waals surface area contributed by atoms with Gasteiger partial charge in [0.25, 0.3) is 0 Å². The van der Waals surface area contributed by atoms with E-state index in [1.165, 1.54) is 4.90 Å². The minimum absolute atomic E-state index is 0.119. The van der Waals surface area contributed by atoms with Crippen molar-refractivity contribution in [1.82, 2.24) is 19.9 Å². The Balaban J connectivity index is 1.55. The van der Waals surface area contributed by atoms with Crippen molar-refractivity contribution in [1.29, 1.82) is 0 Å². The number of aryl methyl sites for hydroxylation is 2. The van der Waals surface area contributed by atoms with Crippen molar-refractivity contribution in [2.45, 2.75) is 32.7 Å². The molecule has 174 valence electrons. The van der Waals surface area contributed by atoms with Gasteiger partial charge in [0.15, 0.2) is 5.65 Å². The second-order valence-corrected chi connectivity index (χ2v) is 7.86. The maximum Gasteiger partial charge on any atom is 0.522 e. The molecule has 1 saturated heterocycles. The summed E-state index contributed by atoms with van der Waals surface area (Å²) in [5, 5.41) is 6.43. The number of nitrogens with zero attached hydrogens (tertiary/aromatic N) is 4. The van der Waals surface area contributed by atoms with Gasteiger partial charge in [-0.2, -0.15) is 4.98 Å². The van der Waals surface area contributed by atoms with Crippen LogP contribution in [-0.4, -0.2) is 58.5 Å². The minimum Gasteiger partial charge on any atom is -0.357 e. The average molecular weight is 460 g/mol. The van der Waals surface area contributed by atoms with Crippen LogP contribution in [0.15, 0.2) is 30.5 Å². The Bertz CT molecular complexity index is 1200. The second-order valence-electron chi connectivity index (χ2n) is 7.86. The SMILES string of the molecule is CNc1ncc2cc(-c3cc(NC(=O)N4CC[C@H](OC(F)(F)F)C4)ccc3C)c(C)nc2n1. The number of urea groups is 1. The number of likely N-dealkylation sites (tertiary alicyclic amines) is 1. The summed E-state index contributed by atoms with van der Waals surface area (Å²) in [6, 6.07) is 6.92. The largest absolute Gasteiger partial charge is 0.522 e. The number of ether oxygens (including phenoxy) is 1. The molecular formula is C22H23F3N6O2. The molecule has 0 saturated carbocycles. The van der Waals surface area contributed by atoms with Crippen LogP contribution in [0.25, 0.3) is 22.2 Å². The van der Waals surface area contributed by atoms with Gasteiger partial charge >= 0.3 is 12.4 Å². The summed E-state index contributed by atoms with van der Waals surface area (Å²) < 4.78 is 41.4. The van der Waals surface area contributed by atoms with Crippen molar-refractivity contribution in [3.63, 3.8) is 0 Å². The molecule has 2 amide bonds. The van der Waals surface area contributed by atoms with E-state index < -0.39 is 18.5 Å². The first-order valence-electron chi connectivity index (χ1n) is 10.4. The first-order chi connectivity index (χ1) is 15.6. The van der Waals surface area contributed by atoms with Crippen molar-refractivity contribution >= 4 is 28.7 Å². The van der Waals surface area contributed by atoms with Gasteiger partial charge in [0.05, 0.1) is 6.10 Å². The zero-order valence-corrected chi connectivity index (χ0v) is 18.3. The summed E-state index contributed by atoms with van der Waals surface area (Å²) in [5.74, 6) is 0.479. The van der Waals surface area contributed by atoms with Gasteiger partial charge in [0.2, 0.25) is 5.95 Å². The Hall–Kier alpha value is -3.47. The molecule has 3 aromatic rings. The number of carbonyl (C=O) groups excluding carboxylic acids is 1. The number of benzene rings is 1. The van der Waals surface area contributed by atoms with E-state index in [1.807, 2.05) is 32.0 Å². The van der Waals surface area contributed by atoms with Gasteiger partial charge in [-0.25, -0.2) is 14.8 Å². The topological polar surface area (TPSA) is 92.3 Å². The first kappa shape index (κ1) is 22.7. The number of pyridine rings is 1. The zero-order chi connectivity index (χ0) is 23.8. The van der Waals surface area contributed by atoms with E-state index in [-0.39, 0.29) is 19.5 Å². The lowest BCUT2D eigenvalue weighted by Crippen LogP contribution is -2.35. The zero-order valence-electron chi connectivity index (χ0n) is 18.3. The lowest BCUT2D eigenvalue weighted by atomic mass is 9.98. The highest BCUT2D eigenvalue weighted by Gasteiger charge is 2.37. The fourth-order valence-electron chi connectivity index (χ4n) is 3.84. The van der Waals surface area contributed by atoms with Gasteiger partial charge in [-0.05, 0) is 49.6 Å². The summed E-state index contributed by atoms with van der Waals surface area (Å²) in [6.07, 6.45) is -3.95. The quantitative estimate of drug-likeness (QED) is 0.596. The Morgan fingerprint density at radius 1 is 1.18 bits per heavy atom. The van der Waals surface area contributed by atoms with Crippen LogP contribution in [0.4, 0.5) is 29.6 Å². The number of anilines is 2. The minimum atomic E-state index is -4.71. The van der Waals surface area contributed by atoms with Crippen LogP contribution >= 0.6 is 0 Å². The summed E-state index contributed by atoms with van der Waals surface area (Å²) in [7, 11) is 1.73. The van der Waals surface area contributed by atoms with Crippen molar-refractivity contribution in [2.75, 3.05) is 30.8 Å². The molecule has 0 unspecified atom stereocenters. The maximum atomic E-state index is 12.6. The van der Waals surface area contributed by atoms with Crippen LogP contribution in [0.3, 0.4) is 0 Å². The second kappa shape index (κ2) is 8.81. The number of hydrogen-bond donors (Lipinski definition) is 2. The van der Waals surface area contributed by atoms with Crippen molar-refractivity contribution in [2.24, 2.45) is 0 Å². The molecule has 1 aliphatic heterocycles. The standard InChI is InChI=1S/C22H23F3N6O2/c1-12-4-5-15(29-21(32)31-7-6-16(11-31)33-22(23,24)25)9-17(12)18-8-14-10-27-20(26-3)30-19(14)28-13(18)2/h4-5,8-10,16H,6-7,11H2,1-3H3,(H,29,32)(H,26,27,28,30)/t16-/m0/s1. The number of rotatable bonds is 4. The number of fused-ring (bicyclic) bond motifs is 1. The van der Waals surface area contributed by atoms with Crippen LogP contribution in [0.2, 0.25) is 0 Å². The van der Waals surface area contributed by atoms with E-state index in [9.17, 15) is 18.0 Å². The Kier molecular flexibility index (Phi) is 6.07. The predicted molar refractivity (Wildman–Crippen MR) is 118 cm³/mol. The van der Waals surface area contributed by atoms with Gasteiger partial charge in [0, 0.05) is 48.7 Å². The Morgan fingerprint density at radius 3 is 2.70 bits per heavy atom. The maximum absolute atomic E-state index is 12.6. The van der Waals surface area contributed by atoms with E-state index in [0.29, 0.717) is 17.3 Å². The number of amides is 2.